The molecule has 32 heavy (non-hydrogen) atoms. The second kappa shape index (κ2) is 11.0. The number of rotatable bonds is 9. The van der Waals surface area contributed by atoms with Crippen LogP contribution in [0.15, 0.2) is 53.6 Å². The molecule has 0 bridgehead atoms. The Labute approximate surface area is 190 Å². The summed E-state index contributed by atoms with van der Waals surface area (Å²) in [4.78, 5) is 24.5. The van der Waals surface area contributed by atoms with E-state index in [1.807, 2.05) is 24.3 Å². The number of nitrogens with zero attached hydrogens (tertiary/aromatic N) is 1. The van der Waals surface area contributed by atoms with Gasteiger partial charge in [-0.3, -0.25) is 14.8 Å². The van der Waals surface area contributed by atoms with E-state index < -0.39 is 18.0 Å². The maximum atomic E-state index is 14.9. The van der Waals surface area contributed by atoms with Crippen molar-refractivity contribution < 1.29 is 18.7 Å². The number of carbonyl (C=O) groups excluding carboxylic acids is 2. The van der Waals surface area contributed by atoms with E-state index in [2.05, 4.69) is 10.6 Å². The van der Waals surface area contributed by atoms with E-state index in [4.69, 9.17) is 15.6 Å². The fourth-order valence-corrected chi connectivity index (χ4v) is 3.54. The van der Waals surface area contributed by atoms with Gasteiger partial charge in [-0.05, 0) is 29.3 Å². The molecule has 0 aromatic heterocycles. The highest BCUT2D eigenvalue weighted by atomic mass is 32.2. The lowest BCUT2D eigenvalue weighted by Gasteiger charge is -2.15. The van der Waals surface area contributed by atoms with Crippen molar-refractivity contribution in [2.75, 3.05) is 24.5 Å². The van der Waals surface area contributed by atoms with Crippen molar-refractivity contribution in [3.8, 4) is 11.1 Å². The van der Waals surface area contributed by atoms with E-state index in [-0.39, 0.29) is 19.0 Å². The highest BCUT2D eigenvalue weighted by Gasteiger charge is 2.32. The molecule has 1 aliphatic heterocycles. The predicted molar refractivity (Wildman–Crippen MR) is 124 cm³/mol. The molecule has 0 radical (unpaired) electrons. The van der Waals surface area contributed by atoms with Gasteiger partial charge in [-0.15, -0.1) is 0 Å². The molecule has 0 saturated carbocycles. The minimum absolute atomic E-state index is 0.205. The molecule has 170 valence electrons. The van der Waals surface area contributed by atoms with Gasteiger partial charge >= 0.3 is 6.09 Å². The van der Waals surface area contributed by atoms with E-state index >= 15 is 0 Å². The monoisotopic (exact) mass is 459 g/mol. The summed E-state index contributed by atoms with van der Waals surface area (Å²) < 4.78 is 20.1. The average Bonchev–Trinajstić information content (AvgIpc) is 3.13. The normalized spacial score (nSPS) is 16.2. The maximum Gasteiger partial charge on any atom is 0.414 e. The molecule has 8 nitrogen and oxygen atoms in total. The summed E-state index contributed by atoms with van der Waals surface area (Å²) in [6.07, 6.45) is -1.04. The van der Waals surface area contributed by atoms with Crippen LogP contribution in [0.2, 0.25) is 0 Å². The Hall–Kier alpha value is -3.08. The third-order valence-electron chi connectivity index (χ3n) is 4.86. The Morgan fingerprint density at radius 3 is 2.72 bits per heavy atom. The minimum Gasteiger partial charge on any atom is -0.442 e. The molecule has 0 spiro atoms. The summed E-state index contributed by atoms with van der Waals surface area (Å²) in [7, 11) is 0. The molecule has 1 unspecified atom stereocenters. The Balaban J connectivity index is 1.63. The van der Waals surface area contributed by atoms with Gasteiger partial charge in [0.05, 0.1) is 18.8 Å². The molecule has 0 aliphatic carbocycles. The lowest BCUT2D eigenvalue weighted by atomic mass is 10.0. The predicted octanol–water partition coefficient (Wildman–Crippen LogP) is 2.45. The maximum absolute atomic E-state index is 14.9. The summed E-state index contributed by atoms with van der Waals surface area (Å²) in [6, 6.07) is 12.2. The first-order chi connectivity index (χ1) is 15.4. The van der Waals surface area contributed by atoms with Crippen LogP contribution in [0.25, 0.3) is 11.1 Å². The van der Waals surface area contributed by atoms with Crippen LogP contribution >= 0.6 is 11.9 Å². The lowest BCUT2D eigenvalue weighted by Crippen LogP contribution is -2.33. The molecule has 2 amide bonds. The second-order valence-electron chi connectivity index (χ2n) is 7.35. The Morgan fingerprint density at radius 2 is 2.06 bits per heavy atom. The summed E-state index contributed by atoms with van der Waals surface area (Å²) in [5, 5.41) is 12.8. The van der Waals surface area contributed by atoms with Crippen LogP contribution in [0.5, 0.6) is 0 Å². The van der Waals surface area contributed by atoms with Crippen LogP contribution in [-0.2, 0) is 16.1 Å². The first kappa shape index (κ1) is 23.6. The summed E-state index contributed by atoms with van der Waals surface area (Å²) >= 11 is 1.06. The Bertz CT molecular complexity index is 1000. The van der Waals surface area contributed by atoms with Crippen molar-refractivity contribution in [1.82, 2.24) is 10.6 Å². The van der Waals surface area contributed by atoms with Gasteiger partial charge in [-0.25, -0.2) is 9.18 Å². The fraction of sp³-hybridized carbons (Fsp3) is 0.273. The molecule has 2 aromatic carbocycles. The zero-order chi connectivity index (χ0) is 23.1. The fourth-order valence-electron chi connectivity index (χ4n) is 3.28. The van der Waals surface area contributed by atoms with Gasteiger partial charge < -0.3 is 21.1 Å². The topological polar surface area (TPSA) is 123 Å². The van der Waals surface area contributed by atoms with Gasteiger partial charge in [-0.1, -0.05) is 36.2 Å². The molecule has 2 aromatic rings. The summed E-state index contributed by atoms with van der Waals surface area (Å²) in [6.45, 7) is 2.98. The second-order valence-corrected chi connectivity index (χ2v) is 7.85. The highest BCUT2D eigenvalue weighted by molar-refractivity contribution is 8.00. The van der Waals surface area contributed by atoms with Gasteiger partial charge in [0.25, 0.3) is 0 Å². The van der Waals surface area contributed by atoms with Gasteiger partial charge in [0, 0.05) is 36.7 Å². The van der Waals surface area contributed by atoms with Gasteiger partial charge in [0.2, 0.25) is 5.91 Å². The zero-order valence-electron chi connectivity index (χ0n) is 17.6. The van der Waals surface area contributed by atoms with Crippen molar-refractivity contribution in [2.24, 2.45) is 10.9 Å². The molecule has 10 heteroatoms. The molecule has 1 saturated heterocycles. The number of hydrogen-bond donors (Lipinski definition) is 4. The number of benzene rings is 2. The van der Waals surface area contributed by atoms with Crippen LogP contribution in [0.3, 0.4) is 0 Å². The smallest absolute Gasteiger partial charge is 0.414 e. The first-order valence-electron chi connectivity index (χ1n) is 9.99. The lowest BCUT2D eigenvalue weighted by molar-refractivity contribution is -0.119. The third kappa shape index (κ3) is 6.22. The van der Waals surface area contributed by atoms with Crippen molar-refractivity contribution in [2.45, 2.75) is 19.6 Å². The highest BCUT2D eigenvalue weighted by Crippen LogP contribution is 2.29. The Kier molecular flexibility index (Phi) is 8.09. The van der Waals surface area contributed by atoms with Crippen molar-refractivity contribution in [1.29, 1.82) is 0 Å². The van der Waals surface area contributed by atoms with E-state index in [0.717, 1.165) is 23.1 Å². The summed E-state index contributed by atoms with van der Waals surface area (Å²) in [5.41, 5.74) is 9.02. The number of hydrogen-bond acceptors (Lipinski definition) is 7. The van der Waals surface area contributed by atoms with Gasteiger partial charge in [-0.2, -0.15) is 0 Å². The number of nitrogens with two attached hydrogens (primary N) is 2. The van der Waals surface area contributed by atoms with Crippen LogP contribution in [0.4, 0.5) is 14.9 Å². The number of nitrogens with one attached hydrogen (secondary N) is 2. The quantitative estimate of drug-likeness (QED) is 0.425. The molecule has 1 aliphatic rings. The Morgan fingerprint density at radius 1 is 1.31 bits per heavy atom. The largest absolute Gasteiger partial charge is 0.442 e. The van der Waals surface area contributed by atoms with Crippen LogP contribution in [-0.4, -0.2) is 37.7 Å². The molecular formula is C22H26FN5O3S. The average molecular weight is 460 g/mol. The van der Waals surface area contributed by atoms with Crippen LogP contribution in [0, 0.1) is 5.82 Å². The third-order valence-corrected chi connectivity index (χ3v) is 5.30. The van der Waals surface area contributed by atoms with Crippen LogP contribution < -0.4 is 26.4 Å². The van der Waals surface area contributed by atoms with Gasteiger partial charge in [0.15, 0.2) is 0 Å². The van der Waals surface area contributed by atoms with Crippen molar-refractivity contribution >= 4 is 29.6 Å². The van der Waals surface area contributed by atoms with E-state index in [1.54, 1.807) is 17.5 Å². The van der Waals surface area contributed by atoms with Crippen molar-refractivity contribution in [3.63, 3.8) is 0 Å². The molecule has 1 atom stereocenters. The number of halogens is 1. The summed E-state index contributed by atoms with van der Waals surface area (Å²) in [5.74, 6) is -0.646. The first-order valence-corrected chi connectivity index (χ1v) is 10.9. The number of anilines is 1. The van der Waals surface area contributed by atoms with E-state index in [1.165, 1.54) is 17.9 Å². The number of amides is 2. The number of ether oxygens (including phenoxy) is 1. The van der Waals surface area contributed by atoms with E-state index in [0.29, 0.717) is 30.0 Å². The molecular weight excluding hydrogens is 433 g/mol. The van der Waals surface area contributed by atoms with Crippen LogP contribution in [0.1, 0.15) is 12.5 Å². The molecule has 3 rings (SSSR count). The molecule has 1 fully saturated rings. The SMILES string of the molecule is CC(=O)NCC1CN(c2ccc(-c3ccc(CNC/C(N)=C/SN)cc3)c(F)c2)C(=O)O1. The number of cyclic esters (lactones) is 1. The van der Waals surface area contributed by atoms with E-state index in [9.17, 15) is 14.0 Å². The zero-order valence-corrected chi connectivity index (χ0v) is 18.5. The number of carbonyl (C=O) groups is 2. The molecule has 6 N–H and O–H groups in total. The molecule has 1 heterocycles. The minimum atomic E-state index is -0.565. The van der Waals surface area contributed by atoms with Crippen molar-refractivity contribution in [3.05, 3.63) is 65.0 Å². The standard InChI is InChI=1S/C22H26FN5O3S/c1-14(29)27-11-19-12-28(22(30)31-19)18-6-7-20(21(23)8-18)16-4-2-15(3-5-16)9-26-10-17(24)13-32-25/h2-8,13,19,26H,9-12,24-25H2,1H3,(H,27,29)/b17-13-. The van der Waals surface area contributed by atoms with Gasteiger partial charge in [0.1, 0.15) is 11.9 Å².